The van der Waals surface area contributed by atoms with Gasteiger partial charge in [-0.2, -0.15) is 0 Å². The number of pyridine rings is 1. The minimum absolute atomic E-state index is 0.0550. The molecule has 8 heteroatoms. The molecule has 0 radical (unpaired) electrons. The highest BCUT2D eigenvalue weighted by Crippen LogP contribution is 2.36. The zero-order chi connectivity index (χ0) is 23.2. The predicted octanol–water partition coefficient (Wildman–Crippen LogP) is 5.17. The highest BCUT2D eigenvalue weighted by Gasteiger charge is 2.24. The first kappa shape index (κ1) is 21.4. The van der Waals surface area contributed by atoms with E-state index in [9.17, 15) is 13.2 Å². The molecule has 4 aromatic rings. The van der Waals surface area contributed by atoms with E-state index in [4.69, 9.17) is 0 Å². The van der Waals surface area contributed by atoms with Gasteiger partial charge in [-0.3, -0.25) is 14.5 Å². The second-order valence-corrected chi connectivity index (χ2v) is 10.8. The molecule has 0 fully saturated rings. The van der Waals surface area contributed by atoms with Crippen LogP contribution in [0.5, 0.6) is 0 Å². The van der Waals surface area contributed by atoms with E-state index < -0.39 is 10.0 Å². The Balaban J connectivity index is 1.41. The van der Waals surface area contributed by atoms with Gasteiger partial charge in [-0.05, 0) is 66.1 Å². The van der Waals surface area contributed by atoms with Gasteiger partial charge in [-0.1, -0.05) is 18.2 Å². The Labute approximate surface area is 196 Å². The number of amides is 1. The van der Waals surface area contributed by atoms with Gasteiger partial charge in [0.15, 0.2) is 0 Å². The molecule has 6 nitrogen and oxygen atoms in total. The van der Waals surface area contributed by atoms with Gasteiger partial charge in [0.2, 0.25) is 0 Å². The average molecular weight is 476 g/mol. The number of carbonyl (C=O) groups excluding carboxylic acids is 1. The van der Waals surface area contributed by atoms with Crippen molar-refractivity contribution in [2.45, 2.75) is 18.4 Å². The number of benzene rings is 2. The molecule has 0 atom stereocenters. The Morgan fingerprint density at radius 1 is 0.970 bits per heavy atom. The van der Waals surface area contributed by atoms with Crippen molar-refractivity contribution in [1.82, 2.24) is 9.88 Å². The Bertz CT molecular complexity index is 1490. The maximum absolute atomic E-state index is 12.8. The number of rotatable bonds is 5. The number of anilines is 1. The molecule has 2 aromatic heterocycles. The van der Waals surface area contributed by atoms with Crippen molar-refractivity contribution in [3.8, 4) is 20.9 Å². The Kier molecular flexibility index (Phi) is 5.26. The molecular weight excluding hydrogens is 454 g/mol. The summed E-state index contributed by atoms with van der Waals surface area (Å²) in [6, 6.07) is 18.5. The fourth-order valence-corrected chi connectivity index (χ4v) is 6.02. The first-order valence-corrected chi connectivity index (χ1v) is 12.6. The highest BCUT2D eigenvalue weighted by atomic mass is 32.2. The molecule has 0 saturated carbocycles. The van der Waals surface area contributed by atoms with Crippen molar-refractivity contribution in [2.75, 3.05) is 11.8 Å². The third kappa shape index (κ3) is 4.15. The number of nitrogens with one attached hydrogen (secondary N) is 1. The molecule has 0 aliphatic carbocycles. The standard InChI is InChI=1S/C25H21N3O3S2/c1-16-4-3-5-21(10-16)33(30,31)27-20-12-18(13-26-14-20)24-9-8-23(32-24)17-6-7-22-19(11-17)15-28(2)25(22)29/h3-14,27H,15H2,1-2H3. The molecule has 3 heterocycles. The highest BCUT2D eigenvalue weighted by molar-refractivity contribution is 7.92. The zero-order valence-corrected chi connectivity index (χ0v) is 19.7. The molecule has 5 rings (SSSR count). The van der Waals surface area contributed by atoms with Crippen LogP contribution < -0.4 is 4.72 Å². The maximum atomic E-state index is 12.8. The molecule has 0 spiro atoms. The Morgan fingerprint density at radius 2 is 1.76 bits per heavy atom. The number of thiophene rings is 1. The van der Waals surface area contributed by atoms with Crippen LogP contribution in [0.4, 0.5) is 5.69 Å². The SMILES string of the molecule is Cc1cccc(S(=O)(=O)Nc2cncc(-c3ccc(-c4ccc5c(c4)CN(C)C5=O)s3)c2)c1. The molecule has 33 heavy (non-hydrogen) atoms. The first-order chi connectivity index (χ1) is 15.8. The molecule has 1 N–H and O–H groups in total. The quantitative estimate of drug-likeness (QED) is 0.432. The van der Waals surface area contributed by atoms with Crippen LogP contribution in [0.1, 0.15) is 21.5 Å². The lowest BCUT2D eigenvalue weighted by molar-refractivity contribution is 0.0816. The van der Waals surface area contributed by atoms with Gasteiger partial charge >= 0.3 is 0 Å². The van der Waals surface area contributed by atoms with E-state index in [0.29, 0.717) is 12.2 Å². The van der Waals surface area contributed by atoms with Crippen molar-refractivity contribution >= 4 is 33.0 Å². The van der Waals surface area contributed by atoms with E-state index in [-0.39, 0.29) is 10.8 Å². The Hall–Kier alpha value is -3.49. The normalized spacial score (nSPS) is 13.3. The smallest absolute Gasteiger partial charge is 0.261 e. The molecule has 166 valence electrons. The summed E-state index contributed by atoms with van der Waals surface area (Å²) in [7, 11) is -1.90. The molecule has 0 unspecified atom stereocenters. The van der Waals surface area contributed by atoms with Crippen LogP contribution in [0.2, 0.25) is 0 Å². The summed E-state index contributed by atoms with van der Waals surface area (Å²) in [4.78, 5) is 20.4. The third-order valence-electron chi connectivity index (χ3n) is 5.56. The summed E-state index contributed by atoms with van der Waals surface area (Å²) in [5.74, 6) is 0.0550. The lowest BCUT2D eigenvalue weighted by Crippen LogP contribution is -2.17. The zero-order valence-electron chi connectivity index (χ0n) is 18.1. The summed E-state index contributed by atoms with van der Waals surface area (Å²) in [6.07, 6.45) is 3.22. The number of hydrogen-bond acceptors (Lipinski definition) is 5. The number of nitrogens with zero attached hydrogens (tertiary/aromatic N) is 2. The van der Waals surface area contributed by atoms with E-state index in [1.165, 1.54) is 6.20 Å². The average Bonchev–Trinajstić information content (AvgIpc) is 3.39. The van der Waals surface area contributed by atoms with Gasteiger partial charge in [0.25, 0.3) is 15.9 Å². The van der Waals surface area contributed by atoms with Crippen LogP contribution >= 0.6 is 11.3 Å². The molecule has 2 aromatic carbocycles. The number of sulfonamides is 1. The molecule has 1 aliphatic heterocycles. The minimum Gasteiger partial charge on any atom is -0.337 e. The molecule has 0 saturated heterocycles. The second kappa shape index (κ2) is 8.13. The van der Waals surface area contributed by atoms with E-state index in [0.717, 1.165) is 37.6 Å². The van der Waals surface area contributed by atoms with E-state index >= 15 is 0 Å². The fourth-order valence-electron chi connectivity index (χ4n) is 3.89. The van der Waals surface area contributed by atoms with Crippen LogP contribution in [0.25, 0.3) is 20.9 Å². The van der Waals surface area contributed by atoms with Gasteiger partial charge in [0.05, 0.1) is 16.8 Å². The second-order valence-electron chi connectivity index (χ2n) is 8.08. The maximum Gasteiger partial charge on any atom is 0.261 e. The van der Waals surface area contributed by atoms with Crippen molar-refractivity contribution in [1.29, 1.82) is 0 Å². The van der Waals surface area contributed by atoms with Crippen LogP contribution in [0.3, 0.4) is 0 Å². The molecule has 1 amide bonds. The molecule has 0 bridgehead atoms. The number of fused-ring (bicyclic) bond motifs is 1. The largest absolute Gasteiger partial charge is 0.337 e. The number of aromatic nitrogens is 1. The topological polar surface area (TPSA) is 79.4 Å². The van der Waals surface area contributed by atoms with Crippen molar-refractivity contribution in [3.63, 3.8) is 0 Å². The summed E-state index contributed by atoms with van der Waals surface area (Å²) in [5, 5.41) is 0. The predicted molar refractivity (Wildman–Crippen MR) is 131 cm³/mol. The Morgan fingerprint density at radius 3 is 2.55 bits per heavy atom. The number of aryl methyl sites for hydroxylation is 1. The van der Waals surface area contributed by atoms with Gasteiger partial charge in [-0.15, -0.1) is 11.3 Å². The van der Waals surface area contributed by atoms with E-state index in [1.807, 2.05) is 37.3 Å². The summed E-state index contributed by atoms with van der Waals surface area (Å²) in [6.45, 7) is 2.47. The van der Waals surface area contributed by atoms with E-state index in [1.54, 1.807) is 53.7 Å². The molecule has 1 aliphatic rings. The number of hydrogen-bond donors (Lipinski definition) is 1. The fraction of sp³-hybridized carbons (Fsp3) is 0.120. The van der Waals surface area contributed by atoms with Gasteiger partial charge < -0.3 is 4.90 Å². The van der Waals surface area contributed by atoms with Gasteiger partial charge in [-0.25, -0.2) is 8.42 Å². The van der Waals surface area contributed by atoms with E-state index in [2.05, 4.69) is 15.8 Å². The van der Waals surface area contributed by atoms with Crippen LogP contribution in [0.15, 0.2) is 78.0 Å². The van der Waals surface area contributed by atoms with Gasteiger partial charge in [0.1, 0.15) is 0 Å². The lowest BCUT2D eigenvalue weighted by atomic mass is 10.1. The van der Waals surface area contributed by atoms with Crippen molar-refractivity contribution in [3.05, 3.63) is 89.7 Å². The third-order valence-corrected chi connectivity index (χ3v) is 8.12. The van der Waals surface area contributed by atoms with Crippen LogP contribution in [-0.4, -0.2) is 31.3 Å². The first-order valence-electron chi connectivity index (χ1n) is 10.3. The minimum atomic E-state index is -3.71. The number of carbonyl (C=O) groups is 1. The lowest BCUT2D eigenvalue weighted by Gasteiger charge is -2.09. The summed E-state index contributed by atoms with van der Waals surface area (Å²) >= 11 is 1.60. The van der Waals surface area contributed by atoms with Crippen LogP contribution in [-0.2, 0) is 16.6 Å². The van der Waals surface area contributed by atoms with Gasteiger partial charge in [0, 0.05) is 40.7 Å². The van der Waals surface area contributed by atoms with Crippen molar-refractivity contribution in [2.24, 2.45) is 0 Å². The summed E-state index contributed by atoms with van der Waals surface area (Å²) in [5.41, 5.74) is 4.95. The molecular formula is C25H21N3O3S2. The summed E-state index contributed by atoms with van der Waals surface area (Å²) < 4.78 is 28.2. The monoisotopic (exact) mass is 475 g/mol. The van der Waals surface area contributed by atoms with Crippen molar-refractivity contribution < 1.29 is 13.2 Å². The van der Waals surface area contributed by atoms with Crippen LogP contribution in [0, 0.1) is 6.92 Å².